The number of nitrogens with one attached hydrogen (secondary N) is 1. The summed E-state index contributed by atoms with van der Waals surface area (Å²) < 4.78 is 26.2. The first-order chi connectivity index (χ1) is 9.35. The van der Waals surface area contributed by atoms with E-state index in [1.807, 2.05) is 0 Å². The van der Waals surface area contributed by atoms with Crippen LogP contribution in [-0.2, 0) is 10.0 Å². The molecule has 0 aromatic heterocycles. The van der Waals surface area contributed by atoms with Gasteiger partial charge < -0.3 is 10.6 Å². The molecule has 1 fully saturated rings. The second kappa shape index (κ2) is 5.61. The van der Waals surface area contributed by atoms with Gasteiger partial charge in [0.05, 0.1) is 16.3 Å². The molecule has 0 bridgehead atoms. The zero-order valence-corrected chi connectivity index (χ0v) is 13.1. The van der Waals surface area contributed by atoms with Gasteiger partial charge in [-0.25, -0.2) is 13.1 Å². The third-order valence-corrected chi connectivity index (χ3v) is 5.42. The highest BCUT2D eigenvalue weighted by molar-refractivity contribution is 7.89. The minimum absolute atomic E-state index is 0.259. The van der Waals surface area contributed by atoms with Gasteiger partial charge in [-0.3, -0.25) is 0 Å². The molecule has 1 saturated heterocycles. The van der Waals surface area contributed by atoms with Crippen LogP contribution in [0.5, 0.6) is 0 Å². The number of benzene rings is 1. The molecule has 2 rings (SSSR count). The van der Waals surface area contributed by atoms with E-state index in [4.69, 9.17) is 5.73 Å². The first-order valence-corrected chi connectivity index (χ1v) is 8.43. The molecule has 0 amide bonds. The van der Waals surface area contributed by atoms with Crippen molar-refractivity contribution < 1.29 is 8.42 Å². The van der Waals surface area contributed by atoms with Crippen molar-refractivity contribution in [2.24, 2.45) is 5.92 Å². The molecule has 1 aromatic rings. The third-order valence-electron chi connectivity index (χ3n) is 4.01. The van der Waals surface area contributed by atoms with Crippen molar-refractivity contribution in [2.45, 2.75) is 37.6 Å². The number of hydrogen-bond donors (Lipinski definition) is 2. The van der Waals surface area contributed by atoms with Crippen LogP contribution in [0, 0.1) is 5.92 Å². The van der Waals surface area contributed by atoms with Crippen molar-refractivity contribution >= 4 is 21.4 Å². The predicted molar refractivity (Wildman–Crippen MR) is 82.3 cm³/mol. The van der Waals surface area contributed by atoms with Gasteiger partial charge in [-0.1, -0.05) is 6.92 Å². The summed E-state index contributed by atoms with van der Waals surface area (Å²) in [4.78, 5) is 2.48. The summed E-state index contributed by atoms with van der Waals surface area (Å²) in [6.45, 7) is 5.28. The Hall–Kier alpha value is -1.27. The standard InChI is InChI=1S/C14H23N3O2S/c1-10-4-5-11(2)17(9-10)14-8-12(6-7-13(14)15)20(18,19)16-3/h6-8,10-11,16H,4-5,9,15H2,1-3H3. The molecule has 5 nitrogen and oxygen atoms in total. The Balaban J connectivity index is 2.43. The molecule has 2 unspecified atom stereocenters. The van der Waals surface area contributed by atoms with Crippen LogP contribution in [-0.4, -0.2) is 28.1 Å². The van der Waals surface area contributed by atoms with Crippen LogP contribution in [0.15, 0.2) is 23.1 Å². The van der Waals surface area contributed by atoms with E-state index >= 15 is 0 Å². The van der Waals surface area contributed by atoms with Gasteiger partial charge in [0.25, 0.3) is 0 Å². The largest absolute Gasteiger partial charge is 0.397 e. The average Bonchev–Trinajstić information content (AvgIpc) is 2.42. The first-order valence-electron chi connectivity index (χ1n) is 6.95. The highest BCUT2D eigenvalue weighted by atomic mass is 32.2. The minimum atomic E-state index is -3.44. The van der Waals surface area contributed by atoms with Gasteiger partial charge in [0.2, 0.25) is 10.0 Å². The van der Waals surface area contributed by atoms with Crippen molar-refractivity contribution in [1.29, 1.82) is 0 Å². The molecule has 2 atom stereocenters. The maximum atomic E-state index is 11.9. The summed E-state index contributed by atoms with van der Waals surface area (Å²) in [5.74, 6) is 0.593. The maximum Gasteiger partial charge on any atom is 0.240 e. The number of sulfonamides is 1. The molecule has 6 heteroatoms. The molecular weight excluding hydrogens is 274 g/mol. The van der Waals surface area contributed by atoms with E-state index in [-0.39, 0.29) is 4.90 Å². The molecule has 112 valence electrons. The van der Waals surface area contributed by atoms with Crippen LogP contribution in [0.4, 0.5) is 11.4 Å². The number of nitrogens with two attached hydrogens (primary N) is 1. The number of hydrogen-bond acceptors (Lipinski definition) is 4. The zero-order chi connectivity index (χ0) is 14.9. The van der Waals surface area contributed by atoms with Crippen molar-refractivity contribution in [3.8, 4) is 0 Å². The zero-order valence-electron chi connectivity index (χ0n) is 12.3. The first kappa shape index (κ1) is 15.1. The van der Waals surface area contributed by atoms with E-state index in [0.29, 0.717) is 17.6 Å². The molecule has 3 N–H and O–H groups in total. The molecule has 0 aliphatic carbocycles. The van der Waals surface area contributed by atoms with Gasteiger partial charge in [-0.05, 0) is 50.9 Å². The molecule has 0 radical (unpaired) electrons. The second-order valence-corrected chi connectivity index (χ2v) is 7.50. The Bertz CT molecular complexity index is 586. The van der Waals surface area contributed by atoms with Crippen LogP contribution in [0.1, 0.15) is 26.7 Å². The topological polar surface area (TPSA) is 75.4 Å². The van der Waals surface area contributed by atoms with E-state index in [1.54, 1.807) is 18.2 Å². The lowest BCUT2D eigenvalue weighted by molar-refractivity contribution is 0.390. The Morgan fingerprint density at radius 2 is 2.00 bits per heavy atom. The Morgan fingerprint density at radius 3 is 2.65 bits per heavy atom. The van der Waals surface area contributed by atoms with Gasteiger partial charge >= 0.3 is 0 Å². The lowest BCUT2D eigenvalue weighted by atomic mass is 9.94. The van der Waals surface area contributed by atoms with E-state index in [1.165, 1.54) is 13.5 Å². The van der Waals surface area contributed by atoms with Gasteiger partial charge in [0.1, 0.15) is 0 Å². The highest BCUT2D eigenvalue weighted by Gasteiger charge is 2.25. The summed E-state index contributed by atoms with van der Waals surface area (Å²) in [6.07, 6.45) is 2.30. The number of piperidine rings is 1. The van der Waals surface area contributed by atoms with Crippen molar-refractivity contribution in [3.05, 3.63) is 18.2 Å². The quantitative estimate of drug-likeness (QED) is 0.834. The molecule has 20 heavy (non-hydrogen) atoms. The number of anilines is 2. The Kier molecular flexibility index (Phi) is 4.25. The Morgan fingerprint density at radius 1 is 1.30 bits per heavy atom. The smallest absolute Gasteiger partial charge is 0.240 e. The number of nitrogens with zero attached hydrogens (tertiary/aromatic N) is 1. The molecule has 1 aliphatic rings. The van der Waals surface area contributed by atoms with Crippen LogP contribution >= 0.6 is 0 Å². The van der Waals surface area contributed by atoms with Gasteiger partial charge in [-0.2, -0.15) is 0 Å². The van der Waals surface area contributed by atoms with Gasteiger partial charge in [-0.15, -0.1) is 0 Å². The maximum absolute atomic E-state index is 11.9. The van der Waals surface area contributed by atoms with E-state index in [9.17, 15) is 8.42 Å². The summed E-state index contributed by atoms with van der Waals surface area (Å²) >= 11 is 0. The fourth-order valence-electron chi connectivity index (χ4n) is 2.68. The Labute approximate surface area is 121 Å². The van der Waals surface area contributed by atoms with E-state index in [2.05, 4.69) is 23.5 Å². The number of rotatable bonds is 3. The summed E-state index contributed by atoms with van der Waals surface area (Å²) in [5.41, 5.74) is 7.50. The molecular formula is C14H23N3O2S. The monoisotopic (exact) mass is 297 g/mol. The van der Waals surface area contributed by atoms with Gasteiger partial charge in [0.15, 0.2) is 0 Å². The van der Waals surface area contributed by atoms with Crippen LogP contribution in [0.3, 0.4) is 0 Å². The van der Waals surface area contributed by atoms with E-state index < -0.39 is 10.0 Å². The lowest BCUT2D eigenvalue weighted by Crippen LogP contribution is -2.41. The third kappa shape index (κ3) is 2.91. The molecule has 0 spiro atoms. The minimum Gasteiger partial charge on any atom is -0.397 e. The molecule has 1 aliphatic heterocycles. The average molecular weight is 297 g/mol. The SMILES string of the molecule is CNS(=O)(=O)c1ccc(N)c(N2CC(C)CCC2C)c1. The van der Waals surface area contributed by atoms with Crippen LogP contribution in [0.2, 0.25) is 0 Å². The molecule has 0 saturated carbocycles. The number of nitrogen functional groups attached to an aromatic ring is 1. The summed E-state index contributed by atoms with van der Waals surface area (Å²) in [7, 11) is -2.03. The summed E-state index contributed by atoms with van der Waals surface area (Å²) in [6, 6.07) is 5.27. The normalized spacial score (nSPS) is 23.9. The van der Waals surface area contributed by atoms with Crippen molar-refractivity contribution in [1.82, 2.24) is 4.72 Å². The summed E-state index contributed by atoms with van der Waals surface area (Å²) in [5, 5.41) is 0. The molecule has 1 aromatic carbocycles. The van der Waals surface area contributed by atoms with Crippen LogP contribution < -0.4 is 15.4 Å². The fraction of sp³-hybridized carbons (Fsp3) is 0.571. The van der Waals surface area contributed by atoms with Crippen LogP contribution in [0.25, 0.3) is 0 Å². The second-order valence-electron chi connectivity index (χ2n) is 5.61. The lowest BCUT2D eigenvalue weighted by Gasteiger charge is -2.39. The fourth-order valence-corrected chi connectivity index (χ4v) is 3.43. The van der Waals surface area contributed by atoms with Crippen molar-refractivity contribution in [3.63, 3.8) is 0 Å². The van der Waals surface area contributed by atoms with Gasteiger partial charge in [0, 0.05) is 12.6 Å². The predicted octanol–water partition coefficient (Wildman–Crippen LogP) is 1.80. The van der Waals surface area contributed by atoms with E-state index in [0.717, 1.165) is 18.7 Å². The molecule has 1 heterocycles. The highest BCUT2D eigenvalue weighted by Crippen LogP contribution is 2.33. The van der Waals surface area contributed by atoms with Crippen molar-refractivity contribution in [2.75, 3.05) is 24.2 Å².